The van der Waals surface area contributed by atoms with Crippen LogP contribution in [0.1, 0.15) is 39.2 Å². The van der Waals surface area contributed by atoms with Gasteiger partial charge in [0.25, 0.3) is 0 Å². The Morgan fingerprint density at radius 2 is 1.80 bits per heavy atom. The summed E-state index contributed by atoms with van der Waals surface area (Å²) >= 11 is 0. The van der Waals surface area contributed by atoms with Gasteiger partial charge in [0.2, 0.25) is 0 Å². The molecule has 0 amide bonds. The Kier molecular flexibility index (Phi) is 3.93. The fourth-order valence-electron chi connectivity index (χ4n) is 2.98. The summed E-state index contributed by atoms with van der Waals surface area (Å²) < 4.78 is 11.1. The molecule has 2 unspecified atom stereocenters. The Balaban J connectivity index is 2.30. The molecule has 1 fully saturated rings. The van der Waals surface area contributed by atoms with Crippen LogP contribution < -0.4 is 9.47 Å². The summed E-state index contributed by atoms with van der Waals surface area (Å²) in [6.45, 7) is 8.96. The molecule has 1 aliphatic carbocycles. The van der Waals surface area contributed by atoms with E-state index in [1.54, 1.807) is 0 Å². The molecule has 0 aromatic heterocycles. The Bertz CT molecular complexity index is 507. The lowest BCUT2D eigenvalue weighted by Crippen LogP contribution is -2.03. The summed E-state index contributed by atoms with van der Waals surface area (Å²) in [4.78, 5) is 11.3. The average Bonchev–Trinajstić information content (AvgIpc) is 2.95. The molecule has 2 rings (SSSR count). The van der Waals surface area contributed by atoms with Crippen molar-refractivity contribution in [2.75, 3.05) is 13.2 Å². The summed E-state index contributed by atoms with van der Waals surface area (Å²) in [6, 6.07) is 5.74. The fraction of sp³-hybridized carbons (Fsp3) is 0.562. The SMILES string of the molecule is CCOc1ccc(C2C(C(=O)O)C2(C)C)cc1OCC. The van der Waals surface area contributed by atoms with Crippen LogP contribution in [-0.4, -0.2) is 24.3 Å². The average molecular weight is 278 g/mol. The van der Waals surface area contributed by atoms with E-state index in [4.69, 9.17) is 9.47 Å². The first-order valence-corrected chi connectivity index (χ1v) is 7.05. The van der Waals surface area contributed by atoms with E-state index in [1.807, 2.05) is 45.9 Å². The van der Waals surface area contributed by atoms with E-state index >= 15 is 0 Å². The Morgan fingerprint density at radius 1 is 1.20 bits per heavy atom. The molecule has 110 valence electrons. The second-order valence-corrected chi connectivity index (χ2v) is 5.69. The van der Waals surface area contributed by atoms with Crippen LogP contribution in [0.25, 0.3) is 0 Å². The van der Waals surface area contributed by atoms with Gasteiger partial charge in [0.1, 0.15) is 0 Å². The molecule has 4 nitrogen and oxygen atoms in total. The number of hydrogen-bond donors (Lipinski definition) is 1. The number of carboxylic acid groups (broad SMARTS) is 1. The first-order chi connectivity index (χ1) is 9.43. The van der Waals surface area contributed by atoms with Crippen molar-refractivity contribution in [3.63, 3.8) is 0 Å². The second-order valence-electron chi connectivity index (χ2n) is 5.69. The maximum absolute atomic E-state index is 11.3. The van der Waals surface area contributed by atoms with Crippen molar-refractivity contribution in [1.82, 2.24) is 0 Å². The molecule has 2 atom stereocenters. The fourth-order valence-corrected chi connectivity index (χ4v) is 2.98. The third kappa shape index (κ3) is 2.47. The van der Waals surface area contributed by atoms with Crippen LogP contribution in [0.4, 0.5) is 0 Å². The standard InChI is InChI=1S/C16H22O4/c1-5-19-11-8-7-10(9-12(11)20-6-2)13-14(15(17)18)16(13,3)4/h7-9,13-14H,5-6H2,1-4H3,(H,17,18). The minimum Gasteiger partial charge on any atom is -0.490 e. The highest BCUT2D eigenvalue weighted by Gasteiger charge is 2.62. The molecule has 4 heteroatoms. The Hall–Kier alpha value is -1.71. The van der Waals surface area contributed by atoms with Crippen LogP contribution in [0.5, 0.6) is 11.5 Å². The smallest absolute Gasteiger partial charge is 0.307 e. The largest absolute Gasteiger partial charge is 0.490 e. The van der Waals surface area contributed by atoms with Crippen molar-refractivity contribution in [3.05, 3.63) is 23.8 Å². The number of hydrogen-bond acceptors (Lipinski definition) is 3. The van der Waals surface area contributed by atoms with Crippen LogP contribution >= 0.6 is 0 Å². The van der Waals surface area contributed by atoms with Crippen LogP contribution in [0.15, 0.2) is 18.2 Å². The highest BCUT2D eigenvalue weighted by molar-refractivity contribution is 5.77. The number of ether oxygens (including phenoxy) is 2. The van der Waals surface area contributed by atoms with Crippen molar-refractivity contribution < 1.29 is 19.4 Å². The number of carboxylic acids is 1. The molecule has 0 heterocycles. The summed E-state index contributed by atoms with van der Waals surface area (Å²) in [7, 11) is 0. The highest BCUT2D eigenvalue weighted by atomic mass is 16.5. The second kappa shape index (κ2) is 5.35. The lowest BCUT2D eigenvalue weighted by atomic mass is 10.0. The third-order valence-electron chi connectivity index (χ3n) is 4.02. The van der Waals surface area contributed by atoms with Crippen molar-refractivity contribution in [1.29, 1.82) is 0 Å². The van der Waals surface area contributed by atoms with E-state index in [-0.39, 0.29) is 17.3 Å². The molecule has 0 bridgehead atoms. The summed E-state index contributed by atoms with van der Waals surface area (Å²) in [5, 5.41) is 9.28. The van der Waals surface area contributed by atoms with E-state index in [1.165, 1.54) is 0 Å². The van der Waals surface area contributed by atoms with E-state index in [0.717, 1.165) is 5.56 Å². The Morgan fingerprint density at radius 3 is 2.30 bits per heavy atom. The first kappa shape index (κ1) is 14.7. The number of benzene rings is 1. The van der Waals surface area contributed by atoms with Gasteiger partial charge >= 0.3 is 5.97 Å². The maximum atomic E-state index is 11.3. The van der Waals surface area contributed by atoms with E-state index in [0.29, 0.717) is 24.7 Å². The van der Waals surface area contributed by atoms with Crippen LogP contribution in [0, 0.1) is 11.3 Å². The molecule has 0 spiro atoms. The predicted octanol–water partition coefficient (Wildman–Crippen LogP) is 3.31. The third-order valence-corrected chi connectivity index (χ3v) is 4.02. The molecule has 0 aliphatic heterocycles. The molecule has 1 saturated carbocycles. The van der Waals surface area contributed by atoms with Crippen molar-refractivity contribution in [2.24, 2.45) is 11.3 Å². The van der Waals surface area contributed by atoms with Crippen molar-refractivity contribution in [2.45, 2.75) is 33.6 Å². The van der Waals surface area contributed by atoms with Crippen LogP contribution in [0.3, 0.4) is 0 Å². The quantitative estimate of drug-likeness (QED) is 0.867. The normalized spacial score (nSPS) is 23.2. The summed E-state index contributed by atoms with van der Waals surface area (Å²) in [5.74, 6) is 0.388. The number of rotatable bonds is 6. The lowest BCUT2D eigenvalue weighted by Gasteiger charge is -2.13. The monoisotopic (exact) mass is 278 g/mol. The van der Waals surface area contributed by atoms with E-state index < -0.39 is 5.97 Å². The molecular formula is C16H22O4. The summed E-state index contributed by atoms with van der Waals surface area (Å²) in [6.07, 6.45) is 0. The lowest BCUT2D eigenvalue weighted by molar-refractivity contribution is -0.139. The van der Waals surface area contributed by atoms with Gasteiger partial charge in [-0.05, 0) is 37.0 Å². The number of carbonyl (C=O) groups is 1. The van der Waals surface area contributed by atoms with Crippen LogP contribution in [0.2, 0.25) is 0 Å². The van der Waals surface area contributed by atoms with Gasteiger partial charge in [-0.2, -0.15) is 0 Å². The molecule has 1 aromatic rings. The van der Waals surface area contributed by atoms with Gasteiger partial charge in [-0.3, -0.25) is 4.79 Å². The van der Waals surface area contributed by atoms with Gasteiger partial charge in [-0.25, -0.2) is 0 Å². The minimum atomic E-state index is -0.730. The van der Waals surface area contributed by atoms with E-state index in [2.05, 4.69) is 0 Å². The molecule has 20 heavy (non-hydrogen) atoms. The summed E-state index contributed by atoms with van der Waals surface area (Å²) in [5.41, 5.74) is 0.803. The minimum absolute atomic E-state index is 0.0369. The first-order valence-electron chi connectivity index (χ1n) is 7.05. The molecular weight excluding hydrogens is 256 g/mol. The topological polar surface area (TPSA) is 55.8 Å². The van der Waals surface area contributed by atoms with Gasteiger partial charge in [0.05, 0.1) is 19.1 Å². The zero-order chi connectivity index (χ0) is 14.9. The molecule has 1 aromatic carbocycles. The maximum Gasteiger partial charge on any atom is 0.307 e. The Labute approximate surface area is 119 Å². The van der Waals surface area contributed by atoms with Crippen molar-refractivity contribution >= 4 is 5.97 Å². The van der Waals surface area contributed by atoms with Crippen LogP contribution in [-0.2, 0) is 4.79 Å². The molecule has 1 aliphatic rings. The van der Waals surface area contributed by atoms with Gasteiger partial charge in [0, 0.05) is 5.92 Å². The van der Waals surface area contributed by atoms with Gasteiger partial charge in [-0.1, -0.05) is 19.9 Å². The molecule has 0 saturated heterocycles. The number of aliphatic carboxylic acids is 1. The van der Waals surface area contributed by atoms with Gasteiger partial charge in [-0.15, -0.1) is 0 Å². The van der Waals surface area contributed by atoms with Crippen molar-refractivity contribution in [3.8, 4) is 11.5 Å². The van der Waals surface area contributed by atoms with E-state index in [9.17, 15) is 9.90 Å². The van der Waals surface area contributed by atoms with Gasteiger partial charge in [0.15, 0.2) is 11.5 Å². The van der Waals surface area contributed by atoms with Gasteiger partial charge < -0.3 is 14.6 Å². The zero-order valence-corrected chi connectivity index (χ0v) is 12.5. The molecule has 0 radical (unpaired) electrons. The zero-order valence-electron chi connectivity index (χ0n) is 12.5. The molecule has 1 N–H and O–H groups in total. The highest BCUT2D eigenvalue weighted by Crippen LogP contribution is 2.64. The predicted molar refractivity (Wildman–Crippen MR) is 76.4 cm³/mol.